The molecule has 25 heavy (non-hydrogen) atoms. The first-order valence-electron chi connectivity index (χ1n) is 7.84. The van der Waals surface area contributed by atoms with Crippen LogP contribution in [0.3, 0.4) is 0 Å². The molecule has 0 saturated carbocycles. The normalized spacial score (nSPS) is 11.7. The molecule has 1 heterocycles. The molecule has 2 N–H and O–H groups in total. The van der Waals surface area contributed by atoms with Crippen molar-refractivity contribution in [2.24, 2.45) is 0 Å². The summed E-state index contributed by atoms with van der Waals surface area (Å²) in [6.07, 6.45) is 3.05. The van der Waals surface area contributed by atoms with E-state index in [4.69, 9.17) is 4.74 Å². The lowest BCUT2D eigenvalue weighted by Crippen LogP contribution is -2.37. The topological polar surface area (TPSA) is 80.3 Å². The Morgan fingerprint density at radius 1 is 1.16 bits per heavy atom. The molecule has 2 aromatic rings. The molecule has 0 aliphatic carbocycles. The Balaban J connectivity index is 2.06. The number of benzene rings is 1. The maximum atomic E-state index is 13.5. The summed E-state index contributed by atoms with van der Waals surface area (Å²) in [5.41, 5.74) is 0.862. The highest BCUT2D eigenvalue weighted by Gasteiger charge is 2.19. The zero-order chi connectivity index (χ0) is 18.4. The first kappa shape index (κ1) is 18.4. The fourth-order valence-corrected chi connectivity index (χ4v) is 2.11. The predicted molar refractivity (Wildman–Crippen MR) is 91.6 cm³/mol. The molecule has 1 aromatic carbocycles. The monoisotopic (exact) mass is 345 g/mol. The van der Waals surface area contributed by atoms with E-state index in [0.29, 0.717) is 0 Å². The lowest BCUT2D eigenvalue weighted by Gasteiger charge is -2.16. The molecular formula is C18H20FN3O3. The van der Waals surface area contributed by atoms with Gasteiger partial charge in [-0.3, -0.25) is 14.6 Å². The molecule has 0 fully saturated rings. The van der Waals surface area contributed by atoms with Crippen LogP contribution >= 0.6 is 0 Å². The van der Waals surface area contributed by atoms with Gasteiger partial charge in [0.1, 0.15) is 11.6 Å². The van der Waals surface area contributed by atoms with Crippen molar-refractivity contribution in [3.05, 3.63) is 54.1 Å². The Labute approximate surface area is 145 Å². The van der Waals surface area contributed by atoms with Crippen LogP contribution in [-0.2, 0) is 9.59 Å². The van der Waals surface area contributed by atoms with Crippen molar-refractivity contribution in [3.63, 3.8) is 0 Å². The highest BCUT2D eigenvalue weighted by Crippen LogP contribution is 2.26. The van der Waals surface area contributed by atoms with E-state index in [9.17, 15) is 14.0 Å². The highest BCUT2D eigenvalue weighted by atomic mass is 19.1. The van der Waals surface area contributed by atoms with Gasteiger partial charge in [0.2, 0.25) is 0 Å². The maximum Gasteiger partial charge on any atom is 0.313 e. The summed E-state index contributed by atoms with van der Waals surface area (Å²) in [5, 5.41) is 4.95. The second-order valence-electron chi connectivity index (χ2n) is 5.74. The highest BCUT2D eigenvalue weighted by molar-refractivity contribution is 6.39. The van der Waals surface area contributed by atoms with Gasteiger partial charge >= 0.3 is 11.8 Å². The molecule has 0 radical (unpaired) electrons. The summed E-state index contributed by atoms with van der Waals surface area (Å²) in [6.45, 7) is 5.34. The third-order valence-electron chi connectivity index (χ3n) is 3.29. The number of hydrogen-bond donors (Lipinski definition) is 2. The molecule has 1 aromatic heterocycles. The number of pyridine rings is 1. The minimum Gasteiger partial charge on any atom is -0.489 e. The molecule has 0 saturated heterocycles. The number of amides is 2. The summed E-state index contributed by atoms with van der Waals surface area (Å²) in [6, 6.07) is 6.86. The minimum atomic E-state index is -0.907. The molecule has 2 rings (SSSR count). The molecular weight excluding hydrogens is 325 g/mol. The van der Waals surface area contributed by atoms with Crippen LogP contribution in [0.5, 0.6) is 5.75 Å². The Hall–Kier alpha value is -2.96. The van der Waals surface area contributed by atoms with Crippen LogP contribution in [0.2, 0.25) is 0 Å². The lowest BCUT2D eigenvalue weighted by atomic mass is 10.1. The zero-order valence-electron chi connectivity index (χ0n) is 14.2. The smallest absolute Gasteiger partial charge is 0.313 e. The van der Waals surface area contributed by atoms with Crippen molar-refractivity contribution in [1.82, 2.24) is 10.3 Å². The number of ether oxygens (including phenoxy) is 1. The van der Waals surface area contributed by atoms with E-state index >= 15 is 0 Å². The summed E-state index contributed by atoms with van der Waals surface area (Å²) in [4.78, 5) is 28.1. The predicted octanol–water partition coefficient (Wildman–Crippen LogP) is 2.82. The second kappa shape index (κ2) is 8.23. The zero-order valence-corrected chi connectivity index (χ0v) is 14.2. The van der Waals surface area contributed by atoms with Crippen molar-refractivity contribution in [2.45, 2.75) is 32.9 Å². The van der Waals surface area contributed by atoms with Gasteiger partial charge in [-0.15, -0.1) is 0 Å². The van der Waals surface area contributed by atoms with Crippen LogP contribution in [-0.4, -0.2) is 22.9 Å². The number of nitrogens with one attached hydrogen (secondary N) is 2. The molecule has 6 nitrogen and oxygen atoms in total. The average Bonchev–Trinajstić information content (AvgIpc) is 2.57. The molecule has 0 aliphatic heterocycles. The van der Waals surface area contributed by atoms with Gasteiger partial charge in [0.25, 0.3) is 0 Å². The van der Waals surface area contributed by atoms with Gasteiger partial charge in [-0.25, -0.2) is 4.39 Å². The van der Waals surface area contributed by atoms with Crippen molar-refractivity contribution in [2.75, 3.05) is 5.32 Å². The van der Waals surface area contributed by atoms with Crippen LogP contribution in [0.15, 0.2) is 42.7 Å². The van der Waals surface area contributed by atoms with E-state index in [1.54, 1.807) is 45.3 Å². The molecule has 132 valence electrons. The molecule has 0 aliphatic rings. The van der Waals surface area contributed by atoms with Crippen molar-refractivity contribution in [1.29, 1.82) is 0 Å². The van der Waals surface area contributed by atoms with Gasteiger partial charge in [0.05, 0.1) is 17.8 Å². The Bertz CT molecular complexity index is 750. The van der Waals surface area contributed by atoms with Crippen molar-refractivity contribution in [3.8, 4) is 5.75 Å². The summed E-state index contributed by atoms with van der Waals surface area (Å²) < 4.78 is 19.0. The van der Waals surface area contributed by atoms with Crippen LogP contribution in [0.1, 0.15) is 32.4 Å². The Kier molecular flexibility index (Phi) is 6.05. The number of rotatable bonds is 5. The number of carbonyl (C=O) groups is 2. The van der Waals surface area contributed by atoms with Crippen LogP contribution in [0.4, 0.5) is 10.1 Å². The van der Waals surface area contributed by atoms with Gasteiger partial charge in [0, 0.05) is 18.5 Å². The third kappa shape index (κ3) is 5.27. The number of hydrogen-bond acceptors (Lipinski definition) is 4. The minimum absolute atomic E-state index is 0.0999. The Morgan fingerprint density at radius 3 is 2.56 bits per heavy atom. The molecule has 2 amide bonds. The number of nitrogens with zero attached hydrogens (tertiary/aromatic N) is 1. The number of halogens is 1. The molecule has 1 unspecified atom stereocenters. The van der Waals surface area contributed by atoms with Gasteiger partial charge in [-0.2, -0.15) is 0 Å². The summed E-state index contributed by atoms with van der Waals surface area (Å²) in [7, 11) is 0. The van der Waals surface area contributed by atoms with Gasteiger partial charge in [0.15, 0.2) is 0 Å². The second-order valence-corrected chi connectivity index (χ2v) is 5.74. The van der Waals surface area contributed by atoms with Crippen molar-refractivity contribution < 1.29 is 18.7 Å². The fraction of sp³-hybridized carbons (Fsp3) is 0.278. The SMILES string of the molecule is CC(C)Oc1ccc(F)cc1NC(=O)C(=O)NC(C)c1cccnc1. The van der Waals surface area contributed by atoms with Gasteiger partial charge in [-0.05, 0) is 44.5 Å². The largest absolute Gasteiger partial charge is 0.489 e. The summed E-state index contributed by atoms with van der Waals surface area (Å²) in [5.74, 6) is -2.00. The Morgan fingerprint density at radius 2 is 1.92 bits per heavy atom. The van der Waals surface area contributed by atoms with E-state index in [2.05, 4.69) is 15.6 Å². The van der Waals surface area contributed by atoms with Gasteiger partial charge < -0.3 is 15.4 Å². The third-order valence-corrected chi connectivity index (χ3v) is 3.29. The first-order valence-corrected chi connectivity index (χ1v) is 7.84. The van der Waals surface area contributed by atoms with E-state index in [-0.39, 0.29) is 17.5 Å². The van der Waals surface area contributed by atoms with Crippen LogP contribution < -0.4 is 15.4 Å². The molecule has 0 spiro atoms. The van der Waals surface area contributed by atoms with Crippen molar-refractivity contribution >= 4 is 17.5 Å². The average molecular weight is 345 g/mol. The fourth-order valence-electron chi connectivity index (χ4n) is 2.11. The molecule has 1 atom stereocenters. The number of carbonyl (C=O) groups excluding carboxylic acids is 2. The van der Waals surface area contributed by atoms with Crippen LogP contribution in [0.25, 0.3) is 0 Å². The first-order chi connectivity index (χ1) is 11.9. The number of aromatic nitrogens is 1. The summed E-state index contributed by atoms with van der Waals surface area (Å²) >= 11 is 0. The van der Waals surface area contributed by atoms with E-state index in [0.717, 1.165) is 11.6 Å². The van der Waals surface area contributed by atoms with E-state index < -0.39 is 23.7 Å². The molecule has 0 bridgehead atoms. The van der Waals surface area contributed by atoms with Crippen LogP contribution in [0, 0.1) is 5.82 Å². The quantitative estimate of drug-likeness (QED) is 0.817. The maximum absolute atomic E-state index is 13.5. The standard InChI is InChI=1S/C18H20FN3O3/c1-11(2)25-16-7-6-14(19)9-15(16)22-18(24)17(23)21-12(3)13-5-4-8-20-10-13/h4-12H,1-3H3,(H,21,23)(H,22,24). The van der Waals surface area contributed by atoms with E-state index in [1.165, 1.54) is 12.1 Å². The number of anilines is 1. The molecule has 7 heteroatoms. The lowest BCUT2D eigenvalue weighted by molar-refractivity contribution is -0.136. The van der Waals surface area contributed by atoms with E-state index in [1.807, 2.05) is 0 Å². The van der Waals surface area contributed by atoms with Gasteiger partial charge in [-0.1, -0.05) is 6.07 Å².